The fourth-order valence-electron chi connectivity index (χ4n) is 7.23. The second-order valence-corrected chi connectivity index (χ2v) is 12.6. The Labute approximate surface area is 258 Å². The molecule has 1 aromatic heterocycles. The minimum Gasteiger partial charge on any atom is -0.476 e. The lowest BCUT2D eigenvalue weighted by Gasteiger charge is -2.43. The molecule has 2 atom stereocenters. The van der Waals surface area contributed by atoms with Crippen molar-refractivity contribution in [3.63, 3.8) is 0 Å². The van der Waals surface area contributed by atoms with E-state index in [2.05, 4.69) is 46.3 Å². The number of rotatable bonds is 7. The highest BCUT2D eigenvalue weighted by molar-refractivity contribution is 5.91. The molecule has 1 aromatic carbocycles. The quantitative estimate of drug-likeness (QED) is 0.443. The summed E-state index contributed by atoms with van der Waals surface area (Å²) >= 11 is 0. The van der Waals surface area contributed by atoms with Gasteiger partial charge in [-0.1, -0.05) is 6.58 Å². The molecule has 2 aromatic rings. The summed E-state index contributed by atoms with van der Waals surface area (Å²) in [5.74, 6) is -1.45. The number of benzene rings is 1. The number of pyridine rings is 1. The van der Waals surface area contributed by atoms with E-state index in [9.17, 15) is 18.8 Å². The summed E-state index contributed by atoms with van der Waals surface area (Å²) in [6.07, 6.45) is 3.84. The highest BCUT2D eigenvalue weighted by Gasteiger charge is 2.35. The minimum absolute atomic E-state index is 0.0903. The third kappa shape index (κ3) is 6.10. The van der Waals surface area contributed by atoms with Gasteiger partial charge in [-0.2, -0.15) is 5.26 Å². The summed E-state index contributed by atoms with van der Waals surface area (Å²) in [5.41, 5.74) is 6.13. The molecule has 0 bridgehead atoms. The molecule has 2 saturated heterocycles. The molecule has 6 rings (SSSR count). The first-order valence-electron chi connectivity index (χ1n) is 15.6. The normalized spacial score (nSPS) is 22.4. The largest absolute Gasteiger partial charge is 0.476 e. The van der Waals surface area contributed by atoms with Crippen molar-refractivity contribution >= 4 is 17.3 Å². The predicted molar refractivity (Wildman–Crippen MR) is 165 cm³/mol. The maximum absolute atomic E-state index is 14.8. The molecule has 0 radical (unpaired) electrons. The van der Waals surface area contributed by atoms with Crippen molar-refractivity contribution in [2.45, 2.75) is 57.3 Å². The second-order valence-electron chi connectivity index (χ2n) is 12.6. The zero-order chi connectivity index (χ0) is 31.0. The van der Waals surface area contributed by atoms with Gasteiger partial charge >= 0.3 is 0 Å². The fourth-order valence-corrected chi connectivity index (χ4v) is 7.23. The maximum Gasteiger partial charge on any atom is 0.282 e. The van der Waals surface area contributed by atoms with Crippen molar-refractivity contribution in [2.24, 2.45) is 0 Å². The molecule has 0 aliphatic carbocycles. The number of anilines is 2. The lowest BCUT2D eigenvalue weighted by Crippen LogP contribution is -2.55. The van der Waals surface area contributed by atoms with Crippen LogP contribution in [0.3, 0.4) is 0 Å². The number of nitriles is 1. The van der Waals surface area contributed by atoms with Crippen LogP contribution in [0.5, 0.6) is 5.88 Å². The molecule has 0 saturated carbocycles. The number of hydrogen-bond donors (Lipinski definition) is 0. The Kier molecular flexibility index (Phi) is 8.74. The third-order valence-electron chi connectivity index (χ3n) is 9.69. The number of piperazine rings is 1. The number of carbonyl (C=O) groups is 1. The molecule has 9 nitrogen and oxygen atoms in total. The van der Waals surface area contributed by atoms with Crippen LogP contribution in [-0.2, 0) is 30.7 Å². The summed E-state index contributed by atoms with van der Waals surface area (Å²) < 4.78 is 35.0. The Morgan fingerprint density at radius 2 is 1.86 bits per heavy atom. The summed E-state index contributed by atoms with van der Waals surface area (Å²) in [7, 11) is 4.21. The maximum atomic E-state index is 14.8. The number of nitrogens with zero attached hydrogens (tertiary/aromatic N) is 7. The van der Waals surface area contributed by atoms with Crippen molar-refractivity contribution in [1.29, 1.82) is 5.26 Å². The smallest absolute Gasteiger partial charge is 0.282 e. The molecule has 0 unspecified atom stereocenters. The molecular formula is C33H41F2N7O2. The van der Waals surface area contributed by atoms with E-state index in [1.54, 1.807) is 12.1 Å². The van der Waals surface area contributed by atoms with E-state index in [1.165, 1.54) is 10.5 Å². The Morgan fingerprint density at radius 3 is 2.61 bits per heavy atom. The van der Waals surface area contributed by atoms with Gasteiger partial charge in [0.05, 0.1) is 30.8 Å². The zero-order valence-corrected chi connectivity index (χ0v) is 25.7. The van der Waals surface area contributed by atoms with Crippen molar-refractivity contribution in [3.05, 3.63) is 58.8 Å². The molecule has 1 amide bonds. The van der Waals surface area contributed by atoms with Crippen LogP contribution in [0, 0.1) is 17.1 Å². The Morgan fingerprint density at radius 1 is 1.05 bits per heavy atom. The van der Waals surface area contributed by atoms with Crippen LogP contribution >= 0.6 is 0 Å². The van der Waals surface area contributed by atoms with Gasteiger partial charge in [0.1, 0.15) is 12.4 Å². The molecule has 0 N–H and O–H groups in total. The van der Waals surface area contributed by atoms with E-state index in [0.717, 1.165) is 67.1 Å². The average Bonchev–Trinajstić information content (AvgIpc) is 3.43. The number of ether oxygens (including phenoxy) is 1. The highest BCUT2D eigenvalue weighted by Crippen LogP contribution is 2.37. The van der Waals surface area contributed by atoms with Crippen LogP contribution < -0.4 is 14.5 Å². The van der Waals surface area contributed by atoms with Crippen molar-refractivity contribution in [2.75, 3.05) is 69.8 Å². The Hall–Kier alpha value is -3.75. The standard InChI is InChI=1S/C33H41F2N7O2/c1-22(34)33(43)42-14-13-41(18-25(42)6-9-36)31-17-32(44-21-26-5-4-10-39(26)3)37-29-20-40(12-8-27(29)31)30-16-24(35)15-23-7-11-38(2)19-28(23)30/h15-17,25-26H,1,4-8,10-14,18-21H2,2-3H3/t25-,26-/m0/s1. The van der Waals surface area contributed by atoms with E-state index in [4.69, 9.17) is 9.72 Å². The van der Waals surface area contributed by atoms with E-state index in [1.807, 2.05) is 6.07 Å². The lowest BCUT2D eigenvalue weighted by molar-refractivity contribution is -0.131. The number of halogens is 2. The first kappa shape index (κ1) is 30.3. The second kappa shape index (κ2) is 12.7. The summed E-state index contributed by atoms with van der Waals surface area (Å²) in [5, 5.41) is 9.51. The first-order valence-corrected chi connectivity index (χ1v) is 15.6. The topological polar surface area (TPSA) is 79.2 Å². The van der Waals surface area contributed by atoms with Gasteiger partial charge in [0.15, 0.2) is 5.83 Å². The van der Waals surface area contributed by atoms with Crippen LogP contribution in [0.4, 0.5) is 20.2 Å². The molecule has 2 fully saturated rings. The predicted octanol–water partition coefficient (Wildman–Crippen LogP) is 3.66. The van der Waals surface area contributed by atoms with E-state index >= 15 is 0 Å². The van der Waals surface area contributed by atoms with Crippen LogP contribution in [0.1, 0.15) is 41.6 Å². The summed E-state index contributed by atoms with van der Waals surface area (Å²) in [6.45, 7) is 8.83. The van der Waals surface area contributed by atoms with Gasteiger partial charge in [0.2, 0.25) is 5.88 Å². The molecule has 44 heavy (non-hydrogen) atoms. The van der Waals surface area contributed by atoms with Crippen LogP contribution in [-0.4, -0.2) is 97.6 Å². The number of carbonyl (C=O) groups excluding carboxylic acids is 1. The van der Waals surface area contributed by atoms with Gasteiger partial charge in [-0.25, -0.2) is 13.8 Å². The number of fused-ring (bicyclic) bond motifs is 2. The van der Waals surface area contributed by atoms with Crippen molar-refractivity contribution < 1.29 is 18.3 Å². The molecule has 11 heteroatoms. The molecule has 234 valence electrons. The number of hydrogen-bond acceptors (Lipinski definition) is 8. The molecular weight excluding hydrogens is 564 g/mol. The van der Waals surface area contributed by atoms with Crippen LogP contribution in [0.25, 0.3) is 0 Å². The Bertz CT molecular complexity index is 1480. The Balaban J connectivity index is 1.32. The van der Waals surface area contributed by atoms with E-state index in [-0.39, 0.29) is 18.8 Å². The van der Waals surface area contributed by atoms with Gasteiger partial charge < -0.3 is 29.2 Å². The molecule has 4 aliphatic heterocycles. The lowest BCUT2D eigenvalue weighted by atomic mass is 9.95. The first-order chi connectivity index (χ1) is 21.2. The number of likely N-dealkylation sites (N-methyl/N-ethyl adjacent to an activating group) is 2. The number of aromatic nitrogens is 1. The third-order valence-corrected chi connectivity index (χ3v) is 9.69. The SMILES string of the molecule is C=C(F)C(=O)N1CCN(c2cc(OC[C@@H]3CCCN3C)nc3c2CCN(c2cc(F)cc4c2CN(C)CC4)C3)C[C@@H]1CC#N. The van der Waals surface area contributed by atoms with E-state index < -0.39 is 17.8 Å². The van der Waals surface area contributed by atoms with Gasteiger partial charge in [-0.05, 0) is 69.6 Å². The van der Waals surface area contributed by atoms with Gasteiger partial charge in [-0.15, -0.1) is 0 Å². The van der Waals surface area contributed by atoms with Crippen LogP contribution in [0.2, 0.25) is 0 Å². The van der Waals surface area contributed by atoms with E-state index in [0.29, 0.717) is 51.1 Å². The van der Waals surface area contributed by atoms with Gasteiger partial charge in [-0.3, -0.25) is 4.79 Å². The minimum atomic E-state index is -1.01. The van der Waals surface area contributed by atoms with Gasteiger partial charge in [0.25, 0.3) is 5.91 Å². The monoisotopic (exact) mass is 605 g/mol. The van der Waals surface area contributed by atoms with Gasteiger partial charge in [0, 0.05) is 68.3 Å². The van der Waals surface area contributed by atoms with Crippen molar-refractivity contribution in [1.82, 2.24) is 19.7 Å². The molecule has 5 heterocycles. The molecule has 0 spiro atoms. The average molecular weight is 606 g/mol. The number of likely N-dealkylation sites (tertiary alicyclic amines) is 1. The summed E-state index contributed by atoms with van der Waals surface area (Å²) in [4.78, 5) is 27.9. The zero-order valence-electron chi connectivity index (χ0n) is 25.7. The number of amides is 1. The summed E-state index contributed by atoms with van der Waals surface area (Å²) in [6, 6.07) is 7.33. The molecule has 4 aliphatic rings. The fraction of sp³-hybridized carbons (Fsp3) is 0.545. The van der Waals surface area contributed by atoms with Crippen molar-refractivity contribution in [3.8, 4) is 11.9 Å². The highest BCUT2D eigenvalue weighted by atomic mass is 19.1. The van der Waals surface area contributed by atoms with Crippen LogP contribution in [0.15, 0.2) is 30.6 Å².